The second-order valence-electron chi connectivity index (χ2n) is 14.0. The smallest absolute Gasteiger partial charge is 0.322 e. The minimum Gasteiger partial charge on any atom is -0.494 e. The standard InChI is InChI=1S/C41H41N7O7/c1-25-24-47(26(2)23-46(25)34-15-14-33(42-3)29-9-5-6-10-30(29)34)41(53)44-27-11-18-37(43-22-27)55-20-8-4-7-19-54-28-12-13-31-32(21-28)40(52)48(39(31)51)35-16-17-36(49)45-38(35)50/h5-6,9-15,18,21-22,25-26,35H,4,7-8,16-17,19-20,23-24H2,1-2H3,(H,44,53)(H,45,49,50)/t25-,26+,35?/m0/s1. The number of pyridine rings is 1. The third-order valence-electron chi connectivity index (χ3n) is 10.3. The zero-order valence-corrected chi connectivity index (χ0v) is 30.6. The van der Waals surface area contributed by atoms with Crippen molar-refractivity contribution in [3.8, 4) is 11.6 Å². The summed E-state index contributed by atoms with van der Waals surface area (Å²) < 4.78 is 11.6. The van der Waals surface area contributed by atoms with E-state index in [0.29, 0.717) is 49.3 Å². The first kappa shape index (κ1) is 36.9. The Balaban J connectivity index is 0.825. The van der Waals surface area contributed by atoms with Crippen LogP contribution in [0.3, 0.4) is 0 Å². The fourth-order valence-corrected chi connectivity index (χ4v) is 7.38. The number of nitrogens with zero attached hydrogens (tertiary/aromatic N) is 5. The Kier molecular flexibility index (Phi) is 10.6. The van der Waals surface area contributed by atoms with Crippen LogP contribution in [0.1, 0.15) is 66.7 Å². The Labute approximate surface area is 318 Å². The minimum absolute atomic E-state index is 0.0567. The second kappa shape index (κ2) is 15.9. The molecule has 3 aliphatic rings. The fourth-order valence-electron chi connectivity index (χ4n) is 7.38. The van der Waals surface area contributed by atoms with Crippen molar-refractivity contribution in [2.24, 2.45) is 0 Å². The molecule has 0 bridgehead atoms. The highest BCUT2D eigenvalue weighted by Crippen LogP contribution is 2.36. The molecule has 282 valence electrons. The number of rotatable bonds is 11. The lowest BCUT2D eigenvalue weighted by Gasteiger charge is -2.45. The van der Waals surface area contributed by atoms with Crippen LogP contribution < -0.4 is 25.0 Å². The highest BCUT2D eigenvalue weighted by Gasteiger charge is 2.44. The van der Waals surface area contributed by atoms with Gasteiger partial charge in [-0.05, 0) is 80.6 Å². The van der Waals surface area contributed by atoms with E-state index in [2.05, 4.69) is 32.3 Å². The fraction of sp³-hybridized carbons (Fsp3) is 0.341. The monoisotopic (exact) mass is 743 g/mol. The van der Waals surface area contributed by atoms with Crippen molar-refractivity contribution < 1.29 is 33.4 Å². The number of hydrogen-bond acceptors (Lipinski definition) is 9. The number of ether oxygens (including phenoxy) is 2. The lowest BCUT2D eigenvalue weighted by atomic mass is 10.0. The van der Waals surface area contributed by atoms with E-state index in [1.165, 1.54) is 12.1 Å². The van der Waals surface area contributed by atoms with E-state index in [9.17, 15) is 24.0 Å². The number of imide groups is 2. The lowest BCUT2D eigenvalue weighted by Crippen LogP contribution is -2.59. The van der Waals surface area contributed by atoms with Crippen LogP contribution in [-0.2, 0) is 9.59 Å². The number of nitrogens with one attached hydrogen (secondary N) is 2. The van der Waals surface area contributed by atoms with E-state index in [-0.39, 0.29) is 42.1 Å². The maximum absolute atomic E-state index is 13.3. The molecule has 2 saturated heterocycles. The largest absolute Gasteiger partial charge is 0.494 e. The molecule has 3 aromatic carbocycles. The number of urea groups is 1. The quantitative estimate of drug-likeness (QED) is 0.108. The number of anilines is 2. The first-order chi connectivity index (χ1) is 26.6. The van der Waals surface area contributed by atoms with Gasteiger partial charge in [0.25, 0.3) is 11.8 Å². The number of carbonyl (C=O) groups excluding carboxylic acids is 5. The van der Waals surface area contributed by atoms with E-state index >= 15 is 0 Å². The molecule has 3 aliphatic heterocycles. The number of aromatic nitrogens is 1. The highest BCUT2D eigenvalue weighted by molar-refractivity contribution is 6.23. The van der Waals surface area contributed by atoms with Crippen LogP contribution in [0.5, 0.6) is 11.6 Å². The van der Waals surface area contributed by atoms with Gasteiger partial charge in [-0.25, -0.2) is 14.6 Å². The summed E-state index contributed by atoms with van der Waals surface area (Å²) in [6, 6.07) is 18.8. The van der Waals surface area contributed by atoms with E-state index in [4.69, 9.17) is 16.0 Å². The zero-order valence-electron chi connectivity index (χ0n) is 30.6. The summed E-state index contributed by atoms with van der Waals surface area (Å²) in [7, 11) is 0. The topological polar surface area (TPSA) is 155 Å². The maximum atomic E-state index is 13.3. The molecule has 0 spiro atoms. The number of hydrogen-bond donors (Lipinski definition) is 2. The van der Waals surface area contributed by atoms with Gasteiger partial charge >= 0.3 is 6.03 Å². The molecule has 1 unspecified atom stereocenters. The molecular weight excluding hydrogens is 702 g/mol. The Bertz CT molecular complexity index is 2200. The minimum atomic E-state index is -1.01. The van der Waals surface area contributed by atoms with Crippen molar-refractivity contribution in [2.45, 2.75) is 64.1 Å². The summed E-state index contributed by atoms with van der Waals surface area (Å²) in [5.41, 5.74) is 2.64. The van der Waals surface area contributed by atoms with Gasteiger partial charge in [0.05, 0.1) is 42.8 Å². The summed E-state index contributed by atoms with van der Waals surface area (Å²) in [5, 5.41) is 7.12. The summed E-state index contributed by atoms with van der Waals surface area (Å²) in [6.45, 7) is 13.7. The Hall–Kier alpha value is -6.49. The second-order valence-corrected chi connectivity index (χ2v) is 14.0. The van der Waals surface area contributed by atoms with Gasteiger partial charge in [-0.2, -0.15) is 0 Å². The highest BCUT2D eigenvalue weighted by atomic mass is 16.5. The molecule has 55 heavy (non-hydrogen) atoms. The first-order valence-electron chi connectivity index (χ1n) is 18.4. The predicted molar refractivity (Wildman–Crippen MR) is 204 cm³/mol. The van der Waals surface area contributed by atoms with Crippen molar-refractivity contribution >= 4 is 57.5 Å². The number of carbonyl (C=O) groups is 5. The van der Waals surface area contributed by atoms with Crippen LogP contribution in [0, 0.1) is 6.57 Å². The molecule has 14 nitrogen and oxygen atoms in total. The number of amides is 6. The van der Waals surface area contributed by atoms with Crippen LogP contribution in [0.2, 0.25) is 0 Å². The molecule has 3 atom stereocenters. The number of benzene rings is 3. The molecule has 4 heterocycles. The molecule has 7 rings (SSSR count). The van der Waals surface area contributed by atoms with Gasteiger partial charge < -0.3 is 24.6 Å². The Morgan fingerprint density at radius 2 is 1.65 bits per heavy atom. The zero-order chi connectivity index (χ0) is 38.6. The molecule has 0 radical (unpaired) electrons. The molecule has 0 aliphatic carbocycles. The molecule has 6 amide bonds. The summed E-state index contributed by atoms with van der Waals surface area (Å²) in [4.78, 5) is 76.2. The Morgan fingerprint density at radius 3 is 2.40 bits per heavy atom. The number of piperazine rings is 1. The van der Waals surface area contributed by atoms with Crippen LogP contribution in [0.25, 0.3) is 15.6 Å². The molecule has 14 heteroatoms. The van der Waals surface area contributed by atoms with Crippen molar-refractivity contribution in [1.82, 2.24) is 20.1 Å². The van der Waals surface area contributed by atoms with E-state index < -0.39 is 29.7 Å². The Morgan fingerprint density at radius 1 is 0.891 bits per heavy atom. The van der Waals surface area contributed by atoms with Gasteiger partial charge in [0.2, 0.25) is 17.7 Å². The number of piperidine rings is 1. The van der Waals surface area contributed by atoms with Crippen molar-refractivity contribution in [3.05, 3.63) is 95.5 Å². The average molecular weight is 744 g/mol. The van der Waals surface area contributed by atoms with Crippen LogP contribution in [0.4, 0.5) is 21.9 Å². The van der Waals surface area contributed by atoms with Gasteiger partial charge in [0.15, 0.2) is 5.69 Å². The molecule has 1 aromatic heterocycles. The molecule has 2 N–H and O–H groups in total. The third kappa shape index (κ3) is 7.64. The predicted octanol–water partition coefficient (Wildman–Crippen LogP) is 5.95. The molecule has 4 aromatic rings. The molecular formula is C41H41N7O7. The normalized spacial score (nSPS) is 19.6. The summed E-state index contributed by atoms with van der Waals surface area (Å²) in [5.74, 6) is -1.30. The molecule has 2 fully saturated rings. The maximum Gasteiger partial charge on any atom is 0.322 e. The van der Waals surface area contributed by atoms with E-state index in [1.54, 1.807) is 24.4 Å². The van der Waals surface area contributed by atoms with Crippen molar-refractivity contribution in [3.63, 3.8) is 0 Å². The first-order valence-corrected chi connectivity index (χ1v) is 18.4. The van der Waals surface area contributed by atoms with Crippen molar-refractivity contribution in [1.29, 1.82) is 0 Å². The number of unbranched alkanes of at least 4 members (excludes halogenated alkanes) is 2. The summed E-state index contributed by atoms with van der Waals surface area (Å²) in [6.07, 6.45) is 4.03. The van der Waals surface area contributed by atoms with Gasteiger partial charge in [0.1, 0.15) is 11.8 Å². The number of fused-ring (bicyclic) bond motifs is 2. The van der Waals surface area contributed by atoms with E-state index in [0.717, 1.165) is 40.6 Å². The average Bonchev–Trinajstić information content (AvgIpc) is 3.43. The summed E-state index contributed by atoms with van der Waals surface area (Å²) >= 11 is 0. The van der Waals surface area contributed by atoms with Gasteiger partial charge in [-0.15, -0.1) is 0 Å². The van der Waals surface area contributed by atoms with Crippen LogP contribution in [0.15, 0.2) is 72.9 Å². The SMILES string of the molecule is [C-]#[N+]c1ccc(N2C[C@@H](C)N(C(=O)Nc3ccc(OCCCCCOc4ccc5c(c4)C(=O)N(C4CCC(=O)NC4=O)C5=O)nc3)C[C@@H]2C)c2ccccc12. The van der Waals surface area contributed by atoms with Crippen LogP contribution >= 0.6 is 0 Å². The van der Waals surface area contributed by atoms with Gasteiger partial charge in [-0.3, -0.25) is 29.4 Å². The lowest BCUT2D eigenvalue weighted by molar-refractivity contribution is -0.136. The molecule has 0 saturated carbocycles. The van der Waals surface area contributed by atoms with Crippen LogP contribution in [-0.4, -0.2) is 88.9 Å². The third-order valence-corrected chi connectivity index (χ3v) is 10.3. The van der Waals surface area contributed by atoms with Gasteiger partial charge in [-0.1, -0.05) is 30.3 Å². The van der Waals surface area contributed by atoms with E-state index in [1.807, 2.05) is 48.2 Å². The van der Waals surface area contributed by atoms with Crippen molar-refractivity contribution in [2.75, 3.05) is 36.5 Å². The van der Waals surface area contributed by atoms with Gasteiger partial charge in [0, 0.05) is 43.3 Å².